The Hall–Kier alpha value is -0.550. The van der Waals surface area contributed by atoms with Crippen LogP contribution in [0.2, 0.25) is 0 Å². The smallest absolute Gasteiger partial charge is 0.161 e. The van der Waals surface area contributed by atoms with Crippen LogP contribution >= 0.6 is 27.3 Å². The third-order valence-electron chi connectivity index (χ3n) is 1.49. The number of rotatable bonds is 1. The highest BCUT2D eigenvalue weighted by Gasteiger charge is 2.03. The van der Waals surface area contributed by atoms with Crippen LogP contribution in [0.4, 0.5) is 0 Å². The summed E-state index contributed by atoms with van der Waals surface area (Å²) in [6.07, 6.45) is 2.63. The van der Waals surface area contributed by atoms with E-state index in [0.717, 1.165) is 26.5 Å². The fraction of sp³-hybridized carbons (Fsp3) is 0.286. The molecule has 0 unspecified atom stereocenters. The van der Waals surface area contributed by atoms with Gasteiger partial charge in [0.05, 0.1) is 6.20 Å². The van der Waals surface area contributed by atoms with Gasteiger partial charge in [-0.2, -0.15) is 0 Å². The van der Waals surface area contributed by atoms with Crippen LogP contribution in [0.15, 0.2) is 10.1 Å². The molecule has 0 spiro atoms. The predicted octanol–water partition coefficient (Wildman–Crippen LogP) is 2.41. The van der Waals surface area contributed by atoms with Crippen LogP contribution in [-0.4, -0.2) is 15.0 Å². The molecule has 0 atom stereocenters. The second kappa shape index (κ2) is 3.06. The quantitative estimate of drug-likeness (QED) is 0.773. The lowest BCUT2D eigenvalue weighted by molar-refractivity contribution is 0.962. The van der Waals surface area contributed by atoms with Gasteiger partial charge in [0.2, 0.25) is 0 Å². The van der Waals surface area contributed by atoms with Gasteiger partial charge < -0.3 is 0 Å². The predicted molar refractivity (Wildman–Crippen MR) is 52.3 cm³/mol. The largest absolute Gasteiger partial charge is 0.239 e. The molecule has 3 nitrogen and oxygen atoms in total. The number of hydrogen-bond donors (Lipinski definition) is 0. The van der Waals surface area contributed by atoms with Gasteiger partial charge >= 0.3 is 0 Å². The van der Waals surface area contributed by atoms with Crippen molar-refractivity contribution in [2.45, 2.75) is 13.3 Å². The first-order chi connectivity index (χ1) is 5.79. The normalized spacial score (nSPS) is 10.8. The summed E-state index contributed by atoms with van der Waals surface area (Å²) < 4.78 is 0.861. The van der Waals surface area contributed by atoms with Crippen LogP contribution in [0, 0.1) is 0 Å². The Kier molecular flexibility index (Phi) is 2.06. The molecule has 0 saturated heterocycles. The number of fused-ring (bicyclic) bond motifs is 1. The van der Waals surface area contributed by atoms with Crippen molar-refractivity contribution in [3.63, 3.8) is 0 Å². The minimum Gasteiger partial charge on any atom is -0.239 e. The first kappa shape index (κ1) is 8.07. The molecule has 0 aromatic carbocycles. The minimum atomic E-state index is 0.861. The van der Waals surface area contributed by atoms with E-state index in [2.05, 4.69) is 30.9 Å². The third kappa shape index (κ3) is 1.34. The molecule has 2 aromatic heterocycles. The number of aryl methyl sites for hydroxylation is 1. The first-order valence-corrected chi connectivity index (χ1v) is 5.18. The maximum Gasteiger partial charge on any atom is 0.161 e. The molecule has 2 heterocycles. The van der Waals surface area contributed by atoms with Gasteiger partial charge in [-0.1, -0.05) is 18.3 Å². The Balaban J connectivity index is 2.66. The molecule has 12 heavy (non-hydrogen) atoms. The molecule has 62 valence electrons. The second-order valence-electron chi connectivity index (χ2n) is 2.30. The van der Waals surface area contributed by atoms with Gasteiger partial charge in [-0.05, 0) is 15.9 Å². The number of hydrogen-bond acceptors (Lipinski definition) is 4. The summed E-state index contributed by atoms with van der Waals surface area (Å²) in [7, 11) is 0. The summed E-state index contributed by atoms with van der Waals surface area (Å²) in [5, 5.41) is 0. The Morgan fingerprint density at radius 3 is 3.08 bits per heavy atom. The lowest BCUT2D eigenvalue weighted by atomic mass is 10.4. The highest BCUT2D eigenvalue weighted by Crippen LogP contribution is 2.23. The van der Waals surface area contributed by atoms with Crippen molar-refractivity contribution in [2.75, 3.05) is 0 Å². The molecule has 5 heteroatoms. The molecular weight excluding hydrogens is 238 g/mol. The number of thiazole rings is 1. The van der Waals surface area contributed by atoms with Crippen molar-refractivity contribution >= 4 is 37.6 Å². The average molecular weight is 244 g/mol. The van der Waals surface area contributed by atoms with Gasteiger partial charge in [-0.25, -0.2) is 15.0 Å². The van der Waals surface area contributed by atoms with E-state index < -0.39 is 0 Å². The van der Waals surface area contributed by atoms with E-state index in [1.165, 1.54) is 11.3 Å². The van der Waals surface area contributed by atoms with Gasteiger partial charge in [0.1, 0.15) is 16.2 Å². The van der Waals surface area contributed by atoms with E-state index in [4.69, 9.17) is 0 Å². The molecule has 0 fully saturated rings. The fourth-order valence-corrected chi connectivity index (χ4v) is 2.22. The van der Waals surface area contributed by atoms with Gasteiger partial charge in [0.25, 0.3) is 0 Å². The van der Waals surface area contributed by atoms with E-state index in [9.17, 15) is 0 Å². The summed E-state index contributed by atoms with van der Waals surface area (Å²) in [6.45, 7) is 2.04. The third-order valence-corrected chi connectivity index (χ3v) is 2.91. The molecule has 0 N–H and O–H groups in total. The van der Waals surface area contributed by atoms with Gasteiger partial charge in [0, 0.05) is 6.42 Å². The van der Waals surface area contributed by atoms with E-state index in [1.807, 2.05) is 6.92 Å². The molecule has 0 bridgehead atoms. The van der Waals surface area contributed by atoms with Crippen LogP contribution in [0.3, 0.4) is 0 Å². The zero-order valence-electron chi connectivity index (χ0n) is 6.41. The zero-order valence-corrected chi connectivity index (χ0v) is 8.81. The zero-order chi connectivity index (χ0) is 8.55. The molecule has 0 radical (unpaired) electrons. The van der Waals surface area contributed by atoms with Crippen LogP contribution in [0.5, 0.6) is 0 Å². The molecule has 2 aromatic rings. The van der Waals surface area contributed by atoms with Gasteiger partial charge in [-0.3, -0.25) is 0 Å². The molecule has 2 rings (SSSR count). The maximum absolute atomic E-state index is 4.33. The van der Waals surface area contributed by atoms with Crippen LogP contribution in [0.25, 0.3) is 10.3 Å². The Labute approximate surface area is 82.0 Å². The van der Waals surface area contributed by atoms with Crippen molar-refractivity contribution in [3.05, 3.63) is 15.9 Å². The number of aromatic nitrogens is 3. The van der Waals surface area contributed by atoms with E-state index in [0.29, 0.717) is 0 Å². The topological polar surface area (TPSA) is 38.7 Å². The Bertz CT molecular complexity index is 412. The van der Waals surface area contributed by atoms with Crippen molar-refractivity contribution in [1.82, 2.24) is 15.0 Å². The first-order valence-electron chi connectivity index (χ1n) is 3.57. The molecule has 0 aliphatic heterocycles. The maximum atomic E-state index is 4.33. The summed E-state index contributed by atoms with van der Waals surface area (Å²) in [4.78, 5) is 13.6. The van der Waals surface area contributed by atoms with Crippen LogP contribution in [-0.2, 0) is 6.42 Å². The van der Waals surface area contributed by atoms with Crippen LogP contribution < -0.4 is 0 Å². The van der Waals surface area contributed by atoms with Crippen LogP contribution in [0.1, 0.15) is 12.7 Å². The fourth-order valence-electron chi connectivity index (χ4n) is 0.914. The SMILES string of the molecule is CCc1ncc2nc(Br)sc2n1. The minimum absolute atomic E-state index is 0.861. The summed E-state index contributed by atoms with van der Waals surface area (Å²) in [5.74, 6) is 0.874. The highest BCUT2D eigenvalue weighted by molar-refractivity contribution is 9.11. The highest BCUT2D eigenvalue weighted by atomic mass is 79.9. The number of nitrogens with zero attached hydrogens (tertiary/aromatic N) is 3. The lowest BCUT2D eigenvalue weighted by Crippen LogP contribution is -1.90. The van der Waals surface area contributed by atoms with Gasteiger partial charge in [-0.15, -0.1) is 0 Å². The summed E-state index contributed by atoms with van der Waals surface area (Å²) in [6, 6.07) is 0. The number of halogens is 1. The molecule has 0 amide bonds. The van der Waals surface area contributed by atoms with Gasteiger partial charge in [0.15, 0.2) is 3.92 Å². The molecule has 0 aliphatic carbocycles. The van der Waals surface area contributed by atoms with Crippen molar-refractivity contribution in [2.24, 2.45) is 0 Å². The van der Waals surface area contributed by atoms with Crippen molar-refractivity contribution < 1.29 is 0 Å². The van der Waals surface area contributed by atoms with E-state index in [1.54, 1.807) is 6.20 Å². The lowest BCUT2D eigenvalue weighted by Gasteiger charge is -1.91. The Morgan fingerprint density at radius 1 is 1.50 bits per heavy atom. The van der Waals surface area contributed by atoms with E-state index >= 15 is 0 Å². The Morgan fingerprint density at radius 2 is 2.33 bits per heavy atom. The molecular formula is C7H6BrN3S. The monoisotopic (exact) mass is 243 g/mol. The molecule has 0 saturated carbocycles. The summed E-state index contributed by atoms with van der Waals surface area (Å²) >= 11 is 4.85. The summed E-state index contributed by atoms with van der Waals surface area (Å²) in [5.41, 5.74) is 0.865. The second-order valence-corrected chi connectivity index (χ2v) is 4.55. The van der Waals surface area contributed by atoms with E-state index in [-0.39, 0.29) is 0 Å². The van der Waals surface area contributed by atoms with Crippen molar-refractivity contribution in [3.8, 4) is 0 Å². The average Bonchev–Trinajstić information content (AvgIpc) is 2.43. The molecule has 0 aliphatic rings. The van der Waals surface area contributed by atoms with Crippen molar-refractivity contribution in [1.29, 1.82) is 0 Å². The standard InChI is InChI=1S/C7H6BrN3S/c1-2-5-9-3-4-6(11-5)12-7(8)10-4/h3H,2H2,1H3.